The number of unbranched alkanes of at least 4 members (excludes halogenated alkanes) is 1. The lowest BCUT2D eigenvalue weighted by molar-refractivity contribution is -0.143. The Morgan fingerprint density at radius 1 is 1.23 bits per heavy atom. The van der Waals surface area contributed by atoms with E-state index in [9.17, 15) is 15.0 Å². The highest BCUT2D eigenvalue weighted by Gasteiger charge is 2.15. The van der Waals surface area contributed by atoms with Crippen LogP contribution in [0.5, 0.6) is 0 Å². The van der Waals surface area contributed by atoms with Crippen LogP contribution in [0.15, 0.2) is 24.3 Å². The zero-order valence-electron chi connectivity index (χ0n) is 12.9. The molecule has 1 rings (SSSR count). The van der Waals surface area contributed by atoms with Crippen LogP contribution in [-0.4, -0.2) is 35.5 Å². The first-order valence-electron chi connectivity index (χ1n) is 7.47. The van der Waals surface area contributed by atoms with E-state index in [1.54, 1.807) is 12.1 Å². The van der Waals surface area contributed by atoms with Crippen molar-refractivity contribution in [3.05, 3.63) is 35.4 Å². The van der Waals surface area contributed by atoms with Crippen LogP contribution in [0, 0.1) is 11.3 Å². The Morgan fingerprint density at radius 3 is 2.50 bits per heavy atom. The summed E-state index contributed by atoms with van der Waals surface area (Å²) in [5.74, 6) is -0.472. The molecular weight excluding hydrogens is 282 g/mol. The molecule has 5 heteroatoms. The molecule has 1 aromatic carbocycles. The van der Waals surface area contributed by atoms with Gasteiger partial charge in [0.2, 0.25) is 0 Å². The average molecular weight is 305 g/mol. The summed E-state index contributed by atoms with van der Waals surface area (Å²) in [5, 5.41) is 28.2. The van der Waals surface area contributed by atoms with Crippen molar-refractivity contribution < 1.29 is 19.7 Å². The topological polar surface area (TPSA) is 90.6 Å². The maximum Gasteiger partial charge on any atom is 0.308 e. The molecule has 5 nitrogen and oxygen atoms in total. The minimum Gasteiger partial charge on any atom is -0.469 e. The molecule has 2 atom stereocenters. The van der Waals surface area contributed by atoms with Crippen molar-refractivity contribution in [3.63, 3.8) is 0 Å². The predicted octanol–water partition coefficient (Wildman–Crippen LogP) is 1.95. The number of aryl methyl sites for hydroxylation is 1. The number of rotatable bonds is 9. The molecule has 0 aliphatic rings. The molecule has 0 aliphatic heterocycles. The number of hydrogen-bond donors (Lipinski definition) is 2. The summed E-state index contributed by atoms with van der Waals surface area (Å²) >= 11 is 0. The minimum atomic E-state index is -0.860. The molecule has 0 amide bonds. The van der Waals surface area contributed by atoms with E-state index in [2.05, 4.69) is 10.8 Å². The predicted molar refractivity (Wildman–Crippen MR) is 82.0 cm³/mol. The summed E-state index contributed by atoms with van der Waals surface area (Å²) < 4.78 is 4.47. The Bertz CT molecular complexity index is 492. The van der Waals surface area contributed by atoms with Gasteiger partial charge in [0, 0.05) is 0 Å². The van der Waals surface area contributed by atoms with E-state index in [1.165, 1.54) is 12.7 Å². The second-order valence-electron chi connectivity index (χ2n) is 5.38. The van der Waals surface area contributed by atoms with Crippen LogP contribution in [-0.2, 0) is 16.0 Å². The smallest absolute Gasteiger partial charge is 0.308 e. The number of aliphatic hydroxyl groups excluding tert-OH is 2. The van der Waals surface area contributed by atoms with Gasteiger partial charge in [-0.25, -0.2) is 0 Å². The van der Waals surface area contributed by atoms with Crippen LogP contribution in [0.2, 0.25) is 0 Å². The van der Waals surface area contributed by atoms with E-state index in [1.807, 2.05) is 12.1 Å². The monoisotopic (exact) mass is 305 g/mol. The lowest BCUT2D eigenvalue weighted by Gasteiger charge is -2.14. The number of ether oxygens (including phenoxy) is 1. The summed E-state index contributed by atoms with van der Waals surface area (Å²) in [5.41, 5.74) is 1.82. The zero-order valence-corrected chi connectivity index (χ0v) is 12.9. The molecule has 22 heavy (non-hydrogen) atoms. The Labute approximate surface area is 131 Å². The van der Waals surface area contributed by atoms with E-state index < -0.39 is 18.2 Å². The molecule has 0 aliphatic carbocycles. The van der Waals surface area contributed by atoms with Gasteiger partial charge in [0.25, 0.3) is 0 Å². The van der Waals surface area contributed by atoms with Crippen LogP contribution in [0.3, 0.4) is 0 Å². The summed E-state index contributed by atoms with van der Waals surface area (Å²) in [6.07, 6.45) is 1.88. The average Bonchev–Trinajstić information content (AvgIpc) is 2.51. The number of carbonyl (C=O) groups excluding carboxylic acids is 1. The van der Waals surface area contributed by atoms with E-state index in [-0.39, 0.29) is 12.8 Å². The van der Waals surface area contributed by atoms with Crippen molar-refractivity contribution in [1.82, 2.24) is 0 Å². The molecule has 0 spiro atoms. The number of hydrogen-bond acceptors (Lipinski definition) is 5. The van der Waals surface area contributed by atoms with Gasteiger partial charge in [0.05, 0.1) is 37.4 Å². The van der Waals surface area contributed by atoms with Crippen LogP contribution in [0.1, 0.15) is 43.2 Å². The minimum absolute atomic E-state index is 0.0845. The highest BCUT2D eigenvalue weighted by molar-refractivity contribution is 5.69. The number of nitriles is 1. The third-order valence-electron chi connectivity index (χ3n) is 3.51. The fourth-order valence-corrected chi connectivity index (χ4v) is 2.25. The molecule has 0 bridgehead atoms. The molecule has 0 heterocycles. The van der Waals surface area contributed by atoms with E-state index in [0.29, 0.717) is 12.0 Å². The lowest BCUT2D eigenvalue weighted by Crippen LogP contribution is -2.21. The summed E-state index contributed by atoms with van der Waals surface area (Å²) in [4.78, 5) is 11.0. The molecule has 2 N–H and O–H groups in total. The second-order valence-corrected chi connectivity index (χ2v) is 5.38. The van der Waals surface area contributed by atoms with Gasteiger partial charge in [-0.1, -0.05) is 18.6 Å². The van der Waals surface area contributed by atoms with Crippen LogP contribution in [0.25, 0.3) is 0 Å². The Hall–Kier alpha value is -1.90. The summed E-state index contributed by atoms with van der Waals surface area (Å²) in [6, 6.07) is 9.56. The van der Waals surface area contributed by atoms with Gasteiger partial charge < -0.3 is 14.9 Å². The highest BCUT2D eigenvalue weighted by Crippen LogP contribution is 2.13. The van der Waals surface area contributed by atoms with Gasteiger partial charge in [0.1, 0.15) is 0 Å². The maximum atomic E-state index is 11.0. The van der Waals surface area contributed by atoms with Gasteiger partial charge in [-0.2, -0.15) is 5.26 Å². The zero-order chi connectivity index (χ0) is 16.4. The lowest BCUT2D eigenvalue weighted by atomic mass is 10.0. The van der Waals surface area contributed by atoms with E-state index in [4.69, 9.17) is 5.26 Å². The first-order valence-corrected chi connectivity index (χ1v) is 7.47. The Balaban J connectivity index is 2.17. The van der Waals surface area contributed by atoms with Gasteiger partial charge in [-0.15, -0.1) is 0 Å². The van der Waals surface area contributed by atoms with Gasteiger partial charge in [-0.3, -0.25) is 4.79 Å². The molecule has 0 radical (unpaired) electrons. The molecule has 0 aromatic heterocycles. The highest BCUT2D eigenvalue weighted by atomic mass is 16.5. The second kappa shape index (κ2) is 9.93. The molecule has 1 aromatic rings. The summed E-state index contributed by atoms with van der Waals surface area (Å²) in [6.45, 7) is 0. The number of carbonyl (C=O) groups is 1. The Kier molecular flexibility index (Phi) is 8.19. The molecule has 0 fully saturated rings. The molecule has 0 saturated carbocycles. The molecule has 2 unspecified atom stereocenters. The van der Waals surface area contributed by atoms with Gasteiger partial charge in [-0.05, 0) is 43.4 Å². The van der Waals surface area contributed by atoms with Crippen LogP contribution >= 0.6 is 0 Å². The first-order chi connectivity index (χ1) is 10.5. The standard InChI is InChI=1S/C17H23NO4/c1-22-17(21)11-16(20)10-15(19)5-3-2-4-13-6-8-14(12-18)9-7-13/h6-9,15-16,19-20H,2-5,10-11H2,1H3. The van der Waals surface area contributed by atoms with Crippen LogP contribution < -0.4 is 0 Å². The maximum absolute atomic E-state index is 11.0. The third kappa shape index (κ3) is 7.21. The molecule has 0 saturated heterocycles. The largest absolute Gasteiger partial charge is 0.469 e. The molecule has 120 valence electrons. The molecular formula is C17H23NO4. The van der Waals surface area contributed by atoms with Crippen molar-refractivity contribution >= 4 is 5.97 Å². The third-order valence-corrected chi connectivity index (χ3v) is 3.51. The van der Waals surface area contributed by atoms with Crippen LogP contribution in [0.4, 0.5) is 0 Å². The van der Waals surface area contributed by atoms with Crippen molar-refractivity contribution in [3.8, 4) is 6.07 Å². The Morgan fingerprint density at radius 2 is 1.91 bits per heavy atom. The van der Waals surface area contributed by atoms with Crippen molar-refractivity contribution in [2.24, 2.45) is 0 Å². The summed E-state index contributed by atoms with van der Waals surface area (Å²) in [7, 11) is 1.27. The normalized spacial score (nSPS) is 13.2. The fourth-order valence-electron chi connectivity index (χ4n) is 2.25. The van der Waals surface area contributed by atoms with Crippen molar-refractivity contribution in [2.45, 2.75) is 50.7 Å². The fraction of sp³-hybridized carbons (Fsp3) is 0.529. The number of nitrogens with zero attached hydrogens (tertiary/aromatic N) is 1. The van der Waals surface area contributed by atoms with Gasteiger partial charge in [0.15, 0.2) is 0 Å². The van der Waals surface area contributed by atoms with Gasteiger partial charge >= 0.3 is 5.97 Å². The van der Waals surface area contributed by atoms with E-state index in [0.717, 1.165) is 19.3 Å². The van der Waals surface area contributed by atoms with E-state index >= 15 is 0 Å². The quantitative estimate of drug-likeness (QED) is 0.537. The van der Waals surface area contributed by atoms with Crippen molar-refractivity contribution in [1.29, 1.82) is 5.26 Å². The number of aliphatic hydroxyl groups is 2. The number of benzene rings is 1. The SMILES string of the molecule is COC(=O)CC(O)CC(O)CCCCc1ccc(C#N)cc1. The van der Waals surface area contributed by atoms with Crippen molar-refractivity contribution in [2.75, 3.05) is 7.11 Å². The number of methoxy groups -OCH3 is 1. The first kappa shape index (κ1) is 18.1. The number of esters is 1.